The second-order valence-corrected chi connectivity index (χ2v) is 7.41. The Morgan fingerprint density at radius 1 is 0.606 bits per heavy atom. The predicted octanol–water partition coefficient (Wildman–Crippen LogP) is 5.69. The van der Waals surface area contributed by atoms with E-state index in [9.17, 15) is 14.4 Å². The van der Waals surface area contributed by atoms with Gasteiger partial charge in [0.15, 0.2) is 5.76 Å². The van der Waals surface area contributed by atoms with E-state index in [1.165, 1.54) is 6.26 Å². The summed E-state index contributed by atoms with van der Waals surface area (Å²) in [6.45, 7) is 0. The third-order valence-electron chi connectivity index (χ3n) is 4.68. The van der Waals surface area contributed by atoms with Crippen molar-refractivity contribution < 1.29 is 18.8 Å². The first kappa shape index (κ1) is 21.9. The number of hydrogen-bond acceptors (Lipinski definition) is 4. The Bertz CT molecular complexity index is 1280. The number of anilines is 3. The van der Waals surface area contributed by atoms with Gasteiger partial charge in [0.1, 0.15) is 0 Å². The van der Waals surface area contributed by atoms with E-state index in [-0.39, 0.29) is 23.5 Å². The standard InChI is InChI=1S/C25H18ClN3O4/c26-18-11-7-16(8-12-18)23(30)28-20-4-1-2-5-21(20)29-24(31)17-9-13-19(14-10-17)27-25(32)22-6-3-15-33-22/h1-15H,(H,27,32)(H,28,30)(H,29,31). The molecular weight excluding hydrogens is 442 g/mol. The number of halogens is 1. The summed E-state index contributed by atoms with van der Waals surface area (Å²) >= 11 is 5.87. The zero-order chi connectivity index (χ0) is 23.2. The summed E-state index contributed by atoms with van der Waals surface area (Å²) < 4.78 is 5.06. The number of nitrogens with one attached hydrogen (secondary N) is 3. The number of amides is 3. The van der Waals surface area contributed by atoms with Crippen LogP contribution in [0.1, 0.15) is 31.3 Å². The van der Waals surface area contributed by atoms with Crippen LogP contribution < -0.4 is 16.0 Å². The van der Waals surface area contributed by atoms with Crippen LogP contribution >= 0.6 is 11.6 Å². The van der Waals surface area contributed by atoms with Gasteiger partial charge in [-0.15, -0.1) is 0 Å². The molecule has 1 heterocycles. The first-order valence-electron chi connectivity index (χ1n) is 9.92. The SMILES string of the molecule is O=C(Nc1ccccc1NC(=O)c1ccc(NC(=O)c2ccco2)cc1)c1ccc(Cl)cc1. The lowest BCUT2D eigenvalue weighted by molar-refractivity contribution is 0.0994. The molecule has 0 bridgehead atoms. The minimum atomic E-state index is -0.387. The minimum Gasteiger partial charge on any atom is -0.459 e. The quantitative estimate of drug-likeness (QED) is 0.345. The Morgan fingerprint density at radius 2 is 1.15 bits per heavy atom. The van der Waals surface area contributed by atoms with Crippen LogP contribution in [0.4, 0.5) is 17.1 Å². The van der Waals surface area contributed by atoms with Gasteiger partial charge >= 0.3 is 0 Å². The van der Waals surface area contributed by atoms with Crippen molar-refractivity contribution in [3.8, 4) is 0 Å². The van der Waals surface area contributed by atoms with Gasteiger partial charge in [0.2, 0.25) is 0 Å². The normalized spacial score (nSPS) is 10.3. The van der Waals surface area contributed by atoms with Gasteiger partial charge in [0.25, 0.3) is 17.7 Å². The van der Waals surface area contributed by atoms with E-state index in [2.05, 4.69) is 16.0 Å². The van der Waals surface area contributed by atoms with Crippen molar-refractivity contribution >= 4 is 46.4 Å². The molecule has 0 saturated carbocycles. The fourth-order valence-electron chi connectivity index (χ4n) is 3.00. The maximum atomic E-state index is 12.7. The van der Waals surface area contributed by atoms with Gasteiger partial charge in [-0.05, 0) is 72.8 Å². The Labute approximate surface area is 194 Å². The van der Waals surface area contributed by atoms with Crippen LogP contribution in [0, 0.1) is 0 Å². The molecule has 164 valence electrons. The van der Waals surface area contributed by atoms with E-state index < -0.39 is 0 Å². The second-order valence-electron chi connectivity index (χ2n) is 6.97. The highest BCUT2D eigenvalue weighted by atomic mass is 35.5. The number of carbonyl (C=O) groups is 3. The average molecular weight is 460 g/mol. The smallest absolute Gasteiger partial charge is 0.291 e. The molecule has 0 atom stereocenters. The molecule has 3 amide bonds. The van der Waals surface area contributed by atoms with E-state index in [0.29, 0.717) is 33.2 Å². The van der Waals surface area contributed by atoms with Gasteiger partial charge in [-0.1, -0.05) is 23.7 Å². The van der Waals surface area contributed by atoms with E-state index in [1.54, 1.807) is 84.9 Å². The molecule has 33 heavy (non-hydrogen) atoms. The lowest BCUT2D eigenvalue weighted by atomic mass is 10.1. The lowest BCUT2D eigenvalue weighted by Gasteiger charge is -2.13. The molecule has 0 fully saturated rings. The third-order valence-corrected chi connectivity index (χ3v) is 4.93. The number of benzene rings is 3. The van der Waals surface area contributed by atoms with Crippen LogP contribution in [0.5, 0.6) is 0 Å². The van der Waals surface area contributed by atoms with Crippen LogP contribution in [-0.4, -0.2) is 17.7 Å². The molecule has 0 spiro atoms. The van der Waals surface area contributed by atoms with Crippen molar-refractivity contribution in [1.82, 2.24) is 0 Å². The fraction of sp³-hybridized carbons (Fsp3) is 0. The summed E-state index contributed by atoms with van der Waals surface area (Å²) in [7, 11) is 0. The number of hydrogen-bond donors (Lipinski definition) is 3. The summed E-state index contributed by atoms with van der Waals surface area (Å²) in [6, 6.07) is 23.0. The Morgan fingerprint density at radius 3 is 1.67 bits per heavy atom. The van der Waals surface area contributed by atoms with Crippen molar-refractivity contribution in [2.75, 3.05) is 16.0 Å². The van der Waals surface area contributed by atoms with Crippen LogP contribution in [0.25, 0.3) is 0 Å². The molecule has 4 rings (SSSR count). The minimum absolute atomic E-state index is 0.189. The van der Waals surface area contributed by atoms with Crippen LogP contribution in [0.3, 0.4) is 0 Å². The number of carbonyl (C=O) groups excluding carboxylic acids is 3. The Hall–Kier alpha value is -4.36. The van der Waals surface area contributed by atoms with E-state index in [4.69, 9.17) is 16.0 Å². The zero-order valence-electron chi connectivity index (χ0n) is 17.2. The molecular formula is C25H18ClN3O4. The van der Waals surface area contributed by atoms with E-state index >= 15 is 0 Å². The van der Waals surface area contributed by atoms with Gasteiger partial charge in [-0.3, -0.25) is 14.4 Å². The summed E-state index contributed by atoms with van der Waals surface area (Å²) in [6.07, 6.45) is 1.41. The van der Waals surface area contributed by atoms with Gasteiger partial charge in [-0.2, -0.15) is 0 Å². The number of furan rings is 1. The third kappa shape index (κ3) is 5.47. The molecule has 0 aliphatic carbocycles. The lowest BCUT2D eigenvalue weighted by Crippen LogP contribution is -2.17. The van der Waals surface area contributed by atoms with Crippen LogP contribution in [0.2, 0.25) is 5.02 Å². The van der Waals surface area contributed by atoms with Gasteiger partial charge < -0.3 is 20.4 Å². The summed E-state index contributed by atoms with van der Waals surface area (Å²) in [5.41, 5.74) is 2.23. The Kier molecular flexibility index (Phi) is 6.52. The van der Waals surface area contributed by atoms with Crippen molar-refractivity contribution in [2.45, 2.75) is 0 Å². The van der Waals surface area contributed by atoms with Crippen molar-refractivity contribution in [1.29, 1.82) is 0 Å². The van der Waals surface area contributed by atoms with Gasteiger partial charge in [-0.25, -0.2) is 0 Å². The molecule has 0 aliphatic rings. The topological polar surface area (TPSA) is 100 Å². The van der Waals surface area contributed by atoms with E-state index in [1.807, 2.05) is 0 Å². The first-order valence-corrected chi connectivity index (χ1v) is 10.3. The zero-order valence-corrected chi connectivity index (χ0v) is 17.9. The van der Waals surface area contributed by atoms with Crippen molar-refractivity contribution in [2.24, 2.45) is 0 Å². The molecule has 1 aromatic heterocycles. The van der Waals surface area contributed by atoms with Crippen LogP contribution in [-0.2, 0) is 0 Å². The average Bonchev–Trinajstić information content (AvgIpc) is 3.36. The second kappa shape index (κ2) is 9.84. The largest absolute Gasteiger partial charge is 0.459 e. The van der Waals surface area contributed by atoms with E-state index in [0.717, 1.165) is 0 Å². The van der Waals surface area contributed by atoms with Crippen molar-refractivity contribution in [3.05, 3.63) is 113 Å². The van der Waals surface area contributed by atoms with Gasteiger partial charge in [0.05, 0.1) is 17.6 Å². The van der Waals surface area contributed by atoms with Crippen LogP contribution in [0.15, 0.2) is 95.6 Å². The summed E-state index contributed by atoms with van der Waals surface area (Å²) in [4.78, 5) is 37.3. The first-order chi connectivity index (χ1) is 16.0. The molecule has 3 aromatic carbocycles. The molecule has 8 heteroatoms. The van der Waals surface area contributed by atoms with Crippen molar-refractivity contribution in [3.63, 3.8) is 0 Å². The highest BCUT2D eigenvalue weighted by Crippen LogP contribution is 2.23. The highest BCUT2D eigenvalue weighted by molar-refractivity contribution is 6.30. The molecule has 0 unspecified atom stereocenters. The summed E-state index contributed by atoms with van der Waals surface area (Å²) in [5, 5.41) is 8.82. The number of para-hydroxylation sites is 2. The molecule has 0 aliphatic heterocycles. The maximum absolute atomic E-state index is 12.7. The predicted molar refractivity (Wildman–Crippen MR) is 127 cm³/mol. The summed E-state index contributed by atoms with van der Waals surface area (Å²) in [5.74, 6) is -0.895. The number of rotatable bonds is 6. The maximum Gasteiger partial charge on any atom is 0.291 e. The molecule has 0 saturated heterocycles. The Balaban J connectivity index is 1.42. The molecule has 3 N–H and O–H groups in total. The monoisotopic (exact) mass is 459 g/mol. The van der Waals surface area contributed by atoms with Gasteiger partial charge in [0, 0.05) is 21.8 Å². The fourth-order valence-corrected chi connectivity index (χ4v) is 3.12. The highest BCUT2D eigenvalue weighted by Gasteiger charge is 2.13. The molecule has 0 radical (unpaired) electrons. The molecule has 4 aromatic rings. The molecule has 7 nitrogen and oxygen atoms in total.